The first-order valence-corrected chi connectivity index (χ1v) is 5.85. The molecule has 0 aromatic heterocycles. The minimum atomic E-state index is -1.14. The Morgan fingerprint density at radius 3 is 2.47 bits per heavy atom. The van der Waals surface area contributed by atoms with Gasteiger partial charge in [0.2, 0.25) is 0 Å². The molecular weight excluding hydrogens is 224 g/mol. The number of hydrogen-bond donors (Lipinski definition) is 4. The minimum absolute atomic E-state index is 0.0139. The van der Waals surface area contributed by atoms with Crippen molar-refractivity contribution in [1.82, 2.24) is 10.6 Å². The molecule has 6 heteroatoms. The molecule has 0 radical (unpaired) electrons. The molecule has 1 aliphatic carbocycles. The van der Waals surface area contributed by atoms with Gasteiger partial charge < -0.3 is 20.8 Å². The van der Waals surface area contributed by atoms with Crippen LogP contribution in [-0.4, -0.2) is 41.4 Å². The molecule has 0 unspecified atom stereocenters. The summed E-state index contributed by atoms with van der Waals surface area (Å²) in [6, 6.07) is -1.52. The molecule has 0 aromatic rings. The molecule has 6 nitrogen and oxygen atoms in total. The SMILES string of the molecule is CC1(CNC(=O)N[C@@H](CCO)C(=O)O)CCC1. The van der Waals surface area contributed by atoms with Gasteiger partial charge in [-0.15, -0.1) is 0 Å². The van der Waals surface area contributed by atoms with Crippen LogP contribution in [0.2, 0.25) is 0 Å². The lowest BCUT2D eigenvalue weighted by Gasteiger charge is -2.38. The van der Waals surface area contributed by atoms with Gasteiger partial charge in [-0.25, -0.2) is 9.59 Å². The molecule has 0 aliphatic heterocycles. The van der Waals surface area contributed by atoms with Gasteiger partial charge >= 0.3 is 12.0 Å². The van der Waals surface area contributed by atoms with Gasteiger partial charge in [0.25, 0.3) is 0 Å². The molecule has 2 amide bonds. The number of aliphatic carboxylic acids is 1. The third-order valence-electron chi connectivity index (χ3n) is 3.26. The quantitative estimate of drug-likeness (QED) is 0.540. The molecule has 1 atom stereocenters. The zero-order valence-electron chi connectivity index (χ0n) is 10.0. The van der Waals surface area contributed by atoms with E-state index in [9.17, 15) is 9.59 Å². The molecule has 1 fully saturated rings. The highest BCUT2D eigenvalue weighted by molar-refractivity contribution is 5.82. The molecule has 4 N–H and O–H groups in total. The molecule has 0 aromatic carbocycles. The van der Waals surface area contributed by atoms with Crippen LogP contribution in [0.4, 0.5) is 4.79 Å². The number of carboxylic acid groups (broad SMARTS) is 1. The Morgan fingerprint density at radius 2 is 2.06 bits per heavy atom. The van der Waals surface area contributed by atoms with E-state index < -0.39 is 18.0 Å². The first-order chi connectivity index (χ1) is 7.97. The number of carbonyl (C=O) groups is 2. The Morgan fingerprint density at radius 1 is 1.41 bits per heavy atom. The average molecular weight is 244 g/mol. The normalized spacial score (nSPS) is 18.9. The van der Waals surface area contributed by atoms with Crippen molar-refractivity contribution in [2.45, 2.75) is 38.6 Å². The van der Waals surface area contributed by atoms with E-state index in [1.54, 1.807) is 0 Å². The van der Waals surface area contributed by atoms with Crippen molar-refractivity contribution >= 4 is 12.0 Å². The summed E-state index contributed by atoms with van der Waals surface area (Å²) in [6.07, 6.45) is 3.38. The van der Waals surface area contributed by atoms with Crippen molar-refractivity contribution in [1.29, 1.82) is 0 Å². The van der Waals surface area contributed by atoms with Gasteiger partial charge in [-0.2, -0.15) is 0 Å². The maximum Gasteiger partial charge on any atom is 0.326 e. The molecule has 0 spiro atoms. The second kappa shape index (κ2) is 5.86. The summed E-state index contributed by atoms with van der Waals surface area (Å²) in [6.45, 7) is 2.39. The second-order valence-corrected chi connectivity index (χ2v) is 4.89. The maximum absolute atomic E-state index is 11.5. The third-order valence-corrected chi connectivity index (χ3v) is 3.26. The average Bonchev–Trinajstić information content (AvgIpc) is 2.23. The van der Waals surface area contributed by atoms with E-state index in [1.165, 1.54) is 6.42 Å². The number of urea groups is 1. The Labute approximate surface area is 100 Å². The van der Waals surface area contributed by atoms with Gasteiger partial charge in [0, 0.05) is 19.6 Å². The van der Waals surface area contributed by atoms with E-state index >= 15 is 0 Å². The van der Waals surface area contributed by atoms with Crippen LogP contribution in [0.5, 0.6) is 0 Å². The monoisotopic (exact) mass is 244 g/mol. The predicted octanol–water partition coefficient (Wildman–Crippen LogP) is 0.311. The number of carboxylic acids is 1. The summed E-state index contributed by atoms with van der Waals surface area (Å²) >= 11 is 0. The summed E-state index contributed by atoms with van der Waals surface area (Å²) in [7, 11) is 0. The van der Waals surface area contributed by atoms with Crippen LogP contribution in [0, 0.1) is 5.41 Å². The van der Waals surface area contributed by atoms with Crippen molar-refractivity contribution < 1.29 is 19.8 Å². The van der Waals surface area contributed by atoms with Gasteiger partial charge in [0.15, 0.2) is 0 Å². The van der Waals surface area contributed by atoms with Gasteiger partial charge in [0.1, 0.15) is 6.04 Å². The van der Waals surface area contributed by atoms with Crippen molar-refractivity contribution in [3.8, 4) is 0 Å². The minimum Gasteiger partial charge on any atom is -0.480 e. The number of nitrogens with one attached hydrogen (secondary N) is 2. The van der Waals surface area contributed by atoms with Crippen LogP contribution in [0.25, 0.3) is 0 Å². The molecule has 98 valence electrons. The number of rotatable bonds is 6. The Balaban J connectivity index is 2.29. The highest BCUT2D eigenvalue weighted by Crippen LogP contribution is 2.39. The van der Waals surface area contributed by atoms with Gasteiger partial charge in [-0.05, 0) is 18.3 Å². The number of aliphatic hydroxyl groups is 1. The highest BCUT2D eigenvalue weighted by atomic mass is 16.4. The largest absolute Gasteiger partial charge is 0.480 e. The van der Waals surface area contributed by atoms with Gasteiger partial charge in [-0.1, -0.05) is 13.3 Å². The fourth-order valence-corrected chi connectivity index (χ4v) is 1.85. The lowest BCUT2D eigenvalue weighted by atomic mass is 9.70. The van der Waals surface area contributed by atoms with E-state index in [4.69, 9.17) is 10.2 Å². The summed E-state index contributed by atoms with van der Waals surface area (Å²) in [5.41, 5.74) is 0.160. The standard InChI is InChI=1S/C11H20N2O4/c1-11(4-2-5-11)7-12-10(17)13-8(3-6-14)9(15)16/h8,14H,2-7H2,1H3,(H,15,16)(H2,12,13,17)/t8-/m0/s1. The van der Waals surface area contributed by atoms with E-state index in [0.29, 0.717) is 6.54 Å². The summed E-state index contributed by atoms with van der Waals surface area (Å²) in [5, 5.41) is 22.5. The smallest absolute Gasteiger partial charge is 0.326 e. The second-order valence-electron chi connectivity index (χ2n) is 4.89. The predicted molar refractivity (Wildman–Crippen MR) is 61.6 cm³/mol. The van der Waals surface area contributed by atoms with E-state index in [2.05, 4.69) is 17.6 Å². The molecule has 1 saturated carbocycles. The topological polar surface area (TPSA) is 98.7 Å². The van der Waals surface area contributed by atoms with Gasteiger partial charge in [-0.3, -0.25) is 0 Å². The van der Waals surface area contributed by atoms with Crippen LogP contribution in [0.3, 0.4) is 0 Å². The molecule has 17 heavy (non-hydrogen) atoms. The maximum atomic E-state index is 11.5. The number of carbonyl (C=O) groups excluding carboxylic acids is 1. The summed E-state index contributed by atoms with van der Waals surface area (Å²) in [5.74, 6) is -1.14. The fraction of sp³-hybridized carbons (Fsp3) is 0.818. The first kappa shape index (κ1) is 13.8. The fourth-order valence-electron chi connectivity index (χ4n) is 1.85. The lowest BCUT2D eigenvalue weighted by molar-refractivity contribution is -0.139. The lowest BCUT2D eigenvalue weighted by Crippen LogP contribution is -2.49. The molecular formula is C11H20N2O4. The molecule has 1 aliphatic rings. The Hall–Kier alpha value is -1.30. The van der Waals surface area contributed by atoms with E-state index in [-0.39, 0.29) is 18.4 Å². The third kappa shape index (κ3) is 4.22. The molecule has 1 rings (SSSR count). The van der Waals surface area contributed by atoms with Crippen molar-refractivity contribution in [3.63, 3.8) is 0 Å². The van der Waals surface area contributed by atoms with Crippen LogP contribution in [-0.2, 0) is 4.79 Å². The van der Waals surface area contributed by atoms with Crippen molar-refractivity contribution in [3.05, 3.63) is 0 Å². The molecule has 0 heterocycles. The van der Waals surface area contributed by atoms with Crippen molar-refractivity contribution in [2.75, 3.05) is 13.2 Å². The van der Waals surface area contributed by atoms with E-state index in [1.807, 2.05) is 0 Å². The first-order valence-electron chi connectivity index (χ1n) is 5.85. The Kier molecular flexibility index (Phi) is 4.74. The van der Waals surface area contributed by atoms with E-state index in [0.717, 1.165) is 12.8 Å². The highest BCUT2D eigenvalue weighted by Gasteiger charge is 2.32. The number of aliphatic hydroxyl groups excluding tert-OH is 1. The molecule has 0 saturated heterocycles. The van der Waals surface area contributed by atoms with Gasteiger partial charge in [0.05, 0.1) is 0 Å². The van der Waals surface area contributed by atoms with Crippen molar-refractivity contribution in [2.24, 2.45) is 5.41 Å². The van der Waals surface area contributed by atoms with Crippen LogP contribution in [0.1, 0.15) is 32.6 Å². The number of hydrogen-bond acceptors (Lipinski definition) is 3. The summed E-state index contributed by atoms with van der Waals surface area (Å²) < 4.78 is 0. The van der Waals surface area contributed by atoms with Crippen LogP contribution < -0.4 is 10.6 Å². The zero-order chi connectivity index (χ0) is 12.9. The summed E-state index contributed by atoms with van der Waals surface area (Å²) in [4.78, 5) is 22.2. The zero-order valence-corrected chi connectivity index (χ0v) is 10.0. The molecule has 0 bridgehead atoms. The Bertz CT molecular complexity index is 289. The van der Waals surface area contributed by atoms with Crippen LogP contribution in [0.15, 0.2) is 0 Å². The van der Waals surface area contributed by atoms with Crippen LogP contribution >= 0.6 is 0 Å². The number of amides is 2.